The lowest BCUT2D eigenvalue weighted by atomic mass is 10.4. The summed E-state index contributed by atoms with van der Waals surface area (Å²) < 4.78 is 39.4. The largest absolute Gasteiger partial charge is 0.487 e. The Morgan fingerprint density at radius 2 is 2.08 bits per heavy atom. The molecule has 0 aliphatic rings. The minimum absolute atomic E-state index is 0.601. The highest BCUT2D eigenvalue weighted by Gasteiger charge is 2.43. The summed E-state index contributed by atoms with van der Waals surface area (Å²) in [6, 6.07) is 0.795. The fourth-order valence-corrected chi connectivity index (χ4v) is 0.521. The van der Waals surface area contributed by atoms with Crippen LogP contribution in [0.2, 0.25) is 0 Å². The average molecular weight is 196 g/mol. The summed E-state index contributed by atoms with van der Waals surface area (Å²) in [5.74, 6) is -1.90. The van der Waals surface area contributed by atoms with Gasteiger partial charge in [-0.25, -0.2) is 0 Å². The van der Waals surface area contributed by atoms with Crippen LogP contribution >= 0.6 is 0 Å². The van der Waals surface area contributed by atoms with Crippen LogP contribution in [0.5, 0.6) is 0 Å². The molecule has 0 N–H and O–H groups in total. The lowest BCUT2D eigenvalue weighted by Gasteiger charge is -2.07. The van der Waals surface area contributed by atoms with Gasteiger partial charge in [-0.3, -0.25) is 10.1 Å². The zero-order valence-corrected chi connectivity index (χ0v) is 6.25. The Bertz CT molecular complexity index is 288. The number of allylic oxidation sites excluding steroid dienone is 2. The number of nitro groups is 1. The third kappa shape index (κ3) is 2.62. The monoisotopic (exact) mass is 196 g/mol. The molecule has 5 nitrogen and oxygen atoms in total. The number of nitriles is 1. The Balaban J connectivity index is 5.36. The van der Waals surface area contributed by atoms with E-state index in [1.165, 1.54) is 0 Å². The van der Waals surface area contributed by atoms with E-state index in [-0.39, 0.29) is 0 Å². The van der Waals surface area contributed by atoms with Crippen molar-refractivity contribution in [1.82, 2.24) is 0 Å². The van der Waals surface area contributed by atoms with E-state index in [2.05, 4.69) is 4.74 Å². The maximum atomic E-state index is 11.9. The van der Waals surface area contributed by atoms with Crippen LogP contribution in [0.3, 0.4) is 0 Å². The van der Waals surface area contributed by atoms with Gasteiger partial charge in [0, 0.05) is 0 Å². The highest BCUT2D eigenvalue weighted by atomic mass is 19.4. The van der Waals surface area contributed by atoms with Crippen LogP contribution in [0.15, 0.2) is 11.5 Å². The molecule has 0 aromatic rings. The topological polar surface area (TPSA) is 76.2 Å². The zero-order valence-electron chi connectivity index (χ0n) is 6.25. The number of methoxy groups -OCH3 is 1. The Labute approximate surface area is 70.2 Å². The van der Waals surface area contributed by atoms with Gasteiger partial charge in [-0.15, -0.1) is 0 Å². The molecule has 0 atom stereocenters. The van der Waals surface area contributed by atoms with Crippen molar-refractivity contribution in [1.29, 1.82) is 5.26 Å². The summed E-state index contributed by atoms with van der Waals surface area (Å²) >= 11 is 0. The standard InChI is InChI=1S/C5H3F3N2O3/c1-13-4(5(6,7)8)3(2-9)10(11)12/h1H3/b4-3+. The van der Waals surface area contributed by atoms with Gasteiger partial charge >= 0.3 is 11.9 Å². The first kappa shape index (κ1) is 11.2. The van der Waals surface area contributed by atoms with Crippen LogP contribution in [-0.2, 0) is 4.74 Å². The van der Waals surface area contributed by atoms with E-state index in [0.717, 1.165) is 6.07 Å². The third-order valence-electron chi connectivity index (χ3n) is 0.965. The maximum absolute atomic E-state index is 11.9. The molecule has 0 aliphatic carbocycles. The van der Waals surface area contributed by atoms with Gasteiger partial charge in [-0.2, -0.15) is 18.4 Å². The van der Waals surface area contributed by atoms with Crippen LogP contribution in [0.1, 0.15) is 0 Å². The van der Waals surface area contributed by atoms with Gasteiger partial charge in [-0.1, -0.05) is 0 Å². The van der Waals surface area contributed by atoms with Gasteiger partial charge < -0.3 is 4.74 Å². The fraction of sp³-hybridized carbons (Fsp3) is 0.400. The molecule has 72 valence electrons. The first-order chi connectivity index (χ1) is 5.84. The van der Waals surface area contributed by atoms with Crippen LogP contribution in [-0.4, -0.2) is 18.2 Å². The molecule has 0 amide bonds. The van der Waals surface area contributed by atoms with E-state index in [4.69, 9.17) is 5.26 Å². The summed E-state index contributed by atoms with van der Waals surface area (Å²) in [6.45, 7) is 0. The number of halogens is 3. The molecular weight excluding hydrogens is 193 g/mol. The molecule has 0 heterocycles. The lowest BCUT2D eigenvalue weighted by molar-refractivity contribution is -0.423. The molecule has 0 aromatic carbocycles. The number of ether oxygens (including phenoxy) is 1. The quantitative estimate of drug-likeness (QED) is 0.288. The van der Waals surface area contributed by atoms with Crippen LogP contribution in [0.25, 0.3) is 0 Å². The smallest absolute Gasteiger partial charge is 0.457 e. The second-order valence-electron chi connectivity index (χ2n) is 1.75. The molecule has 0 spiro atoms. The summed E-state index contributed by atoms with van der Waals surface area (Å²) in [4.78, 5) is 8.47. The second-order valence-corrected chi connectivity index (χ2v) is 1.75. The van der Waals surface area contributed by atoms with Crippen molar-refractivity contribution in [3.05, 3.63) is 21.6 Å². The van der Waals surface area contributed by atoms with Crippen molar-refractivity contribution in [2.24, 2.45) is 0 Å². The Hall–Kier alpha value is -1.78. The number of alkyl halides is 3. The van der Waals surface area contributed by atoms with Gasteiger partial charge in [0.1, 0.15) is 0 Å². The molecule has 0 aromatic heterocycles. The van der Waals surface area contributed by atoms with Gasteiger partial charge in [-0.05, 0) is 0 Å². The van der Waals surface area contributed by atoms with Crippen molar-refractivity contribution in [2.75, 3.05) is 7.11 Å². The molecular formula is C5H3F3N2O3. The molecule has 0 radical (unpaired) electrons. The van der Waals surface area contributed by atoms with E-state index in [9.17, 15) is 23.3 Å². The van der Waals surface area contributed by atoms with Crippen molar-refractivity contribution in [2.45, 2.75) is 6.18 Å². The summed E-state index contributed by atoms with van der Waals surface area (Å²) in [5.41, 5.74) is -1.66. The van der Waals surface area contributed by atoms with Gasteiger partial charge in [0.15, 0.2) is 6.07 Å². The molecule has 0 fully saturated rings. The van der Waals surface area contributed by atoms with Crippen molar-refractivity contribution in [3.63, 3.8) is 0 Å². The average Bonchev–Trinajstić information content (AvgIpc) is 1.96. The lowest BCUT2D eigenvalue weighted by Crippen LogP contribution is -2.18. The van der Waals surface area contributed by atoms with E-state index < -0.39 is 22.6 Å². The van der Waals surface area contributed by atoms with Gasteiger partial charge in [0.25, 0.3) is 5.76 Å². The van der Waals surface area contributed by atoms with Gasteiger partial charge in [0.05, 0.1) is 12.0 Å². The van der Waals surface area contributed by atoms with Crippen LogP contribution in [0.4, 0.5) is 13.2 Å². The zero-order chi connectivity index (χ0) is 10.6. The third-order valence-corrected chi connectivity index (χ3v) is 0.965. The minimum Gasteiger partial charge on any atom is -0.487 e. The molecule has 0 rings (SSSR count). The van der Waals surface area contributed by atoms with E-state index in [1.807, 2.05) is 0 Å². The van der Waals surface area contributed by atoms with Crippen LogP contribution in [0, 0.1) is 21.4 Å². The Kier molecular flexibility index (Phi) is 3.24. The normalized spacial score (nSPS) is 12.8. The second kappa shape index (κ2) is 3.75. The predicted molar refractivity (Wildman–Crippen MR) is 32.7 cm³/mol. The Morgan fingerprint density at radius 1 is 1.62 bits per heavy atom. The molecule has 8 heteroatoms. The number of nitrogens with zero attached hydrogens (tertiary/aromatic N) is 2. The fourth-order valence-electron chi connectivity index (χ4n) is 0.521. The van der Waals surface area contributed by atoms with E-state index >= 15 is 0 Å². The molecule has 0 saturated carbocycles. The summed E-state index contributed by atoms with van der Waals surface area (Å²) in [6.07, 6.45) is -5.03. The predicted octanol–water partition coefficient (Wildman–Crippen LogP) is 1.21. The van der Waals surface area contributed by atoms with E-state index in [0.29, 0.717) is 7.11 Å². The Morgan fingerprint density at radius 3 is 2.15 bits per heavy atom. The number of hydrogen-bond acceptors (Lipinski definition) is 4. The highest BCUT2D eigenvalue weighted by molar-refractivity contribution is 5.19. The first-order valence-electron chi connectivity index (χ1n) is 2.74. The van der Waals surface area contributed by atoms with Crippen molar-refractivity contribution >= 4 is 0 Å². The molecule has 0 saturated heterocycles. The maximum Gasteiger partial charge on any atom is 0.457 e. The van der Waals surface area contributed by atoms with Crippen molar-refractivity contribution < 1.29 is 22.8 Å². The highest BCUT2D eigenvalue weighted by Crippen LogP contribution is 2.28. The minimum atomic E-state index is -5.03. The summed E-state index contributed by atoms with van der Waals surface area (Å²) in [7, 11) is 0.601. The summed E-state index contributed by atoms with van der Waals surface area (Å²) in [5, 5.41) is 18.0. The molecule has 0 aliphatic heterocycles. The molecule has 13 heavy (non-hydrogen) atoms. The van der Waals surface area contributed by atoms with E-state index in [1.54, 1.807) is 0 Å². The van der Waals surface area contributed by atoms with Gasteiger partial charge in [0.2, 0.25) is 0 Å². The van der Waals surface area contributed by atoms with Crippen LogP contribution < -0.4 is 0 Å². The molecule has 0 unspecified atom stereocenters. The number of rotatable bonds is 2. The number of hydrogen-bond donors (Lipinski definition) is 0. The SMILES string of the molecule is CO/C(=C(\C#N)[N+](=O)[O-])C(F)(F)F. The van der Waals surface area contributed by atoms with Crippen molar-refractivity contribution in [3.8, 4) is 6.07 Å². The molecule has 0 bridgehead atoms. The first-order valence-corrected chi connectivity index (χ1v) is 2.74.